The second-order valence-electron chi connectivity index (χ2n) is 9.14. The average Bonchev–Trinajstić information content (AvgIpc) is 2.90. The number of amides is 2. The molecule has 1 N–H and O–H groups in total. The van der Waals surface area contributed by atoms with Crippen molar-refractivity contribution in [3.05, 3.63) is 72.3 Å². The lowest BCUT2D eigenvalue weighted by molar-refractivity contribution is -0.140. The molecule has 3 aromatic rings. The third-order valence-corrected chi connectivity index (χ3v) is 8.24. The molecule has 0 aliphatic rings. The largest absolute Gasteiger partial charge is 0.497 e. The van der Waals surface area contributed by atoms with Gasteiger partial charge < -0.3 is 15.0 Å². The molecule has 37 heavy (non-hydrogen) atoms. The highest BCUT2D eigenvalue weighted by atomic mass is 32.2. The van der Waals surface area contributed by atoms with Gasteiger partial charge in [0.25, 0.3) is 0 Å². The first kappa shape index (κ1) is 28.1. The average molecular weight is 526 g/mol. The minimum atomic E-state index is -3.95. The van der Waals surface area contributed by atoms with Crippen LogP contribution in [0.4, 0.5) is 0 Å². The van der Waals surface area contributed by atoms with Crippen molar-refractivity contribution in [1.29, 1.82) is 0 Å². The van der Waals surface area contributed by atoms with Crippen LogP contribution in [-0.2, 0) is 26.2 Å². The van der Waals surface area contributed by atoms with E-state index < -0.39 is 28.5 Å². The van der Waals surface area contributed by atoms with E-state index in [0.717, 1.165) is 27.1 Å². The van der Waals surface area contributed by atoms with E-state index in [2.05, 4.69) is 5.32 Å². The summed E-state index contributed by atoms with van der Waals surface area (Å²) in [4.78, 5) is 28.0. The second-order valence-corrected chi connectivity index (χ2v) is 11.2. The number of rotatable bonds is 11. The molecule has 0 spiro atoms. The van der Waals surface area contributed by atoms with Crippen LogP contribution >= 0.6 is 0 Å². The summed E-state index contributed by atoms with van der Waals surface area (Å²) >= 11 is 0. The maximum atomic E-state index is 13.5. The molecule has 9 heteroatoms. The Hall–Kier alpha value is -3.43. The fourth-order valence-electron chi connectivity index (χ4n) is 3.89. The summed E-state index contributed by atoms with van der Waals surface area (Å²) in [6.45, 7) is 5.20. The lowest BCUT2D eigenvalue weighted by Gasteiger charge is -2.31. The minimum absolute atomic E-state index is 0.0559. The zero-order valence-corrected chi connectivity index (χ0v) is 22.8. The monoisotopic (exact) mass is 525 g/mol. The fourth-order valence-corrected chi connectivity index (χ4v) is 5.05. The molecule has 0 fully saturated rings. The second kappa shape index (κ2) is 12.2. The van der Waals surface area contributed by atoms with Crippen LogP contribution in [0.15, 0.2) is 71.6 Å². The number of hydrogen-bond acceptors (Lipinski definition) is 5. The van der Waals surface area contributed by atoms with E-state index in [1.165, 1.54) is 18.0 Å². The van der Waals surface area contributed by atoms with Crippen molar-refractivity contribution in [1.82, 2.24) is 14.5 Å². The van der Waals surface area contributed by atoms with Crippen LogP contribution in [0.3, 0.4) is 0 Å². The van der Waals surface area contributed by atoms with E-state index in [4.69, 9.17) is 4.74 Å². The topological polar surface area (TPSA) is 96.0 Å². The van der Waals surface area contributed by atoms with Gasteiger partial charge in [-0.15, -0.1) is 0 Å². The van der Waals surface area contributed by atoms with Gasteiger partial charge in [-0.05, 0) is 60.9 Å². The number of carbonyl (C=O) groups is 2. The number of nitrogens with zero attached hydrogens (tertiary/aromatic N) is 2. The molecule has 3 rings (SSSR count). The predicted molar refractivity (Wildman–Crippen MR) is 145 cm³/mol. The molecule has 2 atom stereocenters. The Labute approximate surface area is 219 Å². The SMILES string of the molecule is CC[C@H](C)NC(=O)[C@@H](C)N(Cc1cccc(OC)c1)C(=O)CN(C)S(=O)(=O)c1ccc2ccccc2c1. The van der Waals surface area contributed by atoms with E-state index in [9.17, 15) is 18.0 Å². The van der Waals surface area contributed by atoms with Crippen molar-refractivity contribution >= 4 is 32.6 Å². The first-order valence-corrected chi connectivity index (χ1v) is 13.7. The number of likely N-dealkylation sites (N-methyl/N-ethyl adjacent to an activating group) is 1. The van der Waals surface area contributed by atoms with Crippen LogP contribution in [0.1, 0.15) is 32.8 Å². The molecule has 0 radical (unpaired) electrons. The molecule has 0 saturated heterocycles. The summed E-state index contributed by atoms with van der Waals surface area (Å²) in [5.41, 5.74) is 0.760. The number of nitrogens with one attached hydrogen (secondary N) is 1. The summed E-state index contributed by atoms with van der Waals surface area (Å²) in [6, 6.07) is 18.7. The third kappa shape index (κ3) is 6.87. The maximum absolute atomic E-state index is 13.5. The minimum Gasteiger partial charge on any atom is -0.497 e. The van der Waals surface area contributed by atoms with Gasteiger partial charge in [-0.3, -0.25) is 9.59 Å². The molecule has 0 heterocycles. The van der Waals surface area contributed by atoms with E-state index in [-0.39, 0.29) is 23.4 Å². The van der Waals surface area contributed by atoms with Crippen molar-refractivity contribution in [2.24, 2.45) is 0 Å². The molecule has 8 nitrogen and oxygen atoms in total. The Bertz CT molecular complexity index is 1360. The highest BCUT2D eigenvalue weighted by Gasteiger charge is 2.30. The molecular formula is C28H35N3O5S. The van der Waals surface area contributed by atoms with E-state index in [0.29, 0.717) is 5.75 Å². The molecule has 0 saturated carbocycles. The zero-order valence-electron chi connectivity index (χ0n) is 22.0. The van der Waals surface area contributed by atoms with Crippen molar-refractivity contribution in [3.63, 3.8) is 0 Å². The standard InChI is InChI=1S/C28H35N3O5S/c1-6-20(2)29-28(33)21(3)31(18-22-10-9-13-25(16-22)36-5)27(32)19-30(4)37(34,35)26-15-14-23-11-7-8-12-24(23)17-26/h7-17,20-21H,6,18-19H2,1-5H3,(H,29,33)/t20-,21+/m0/s1. The quantitative estimate of drug-likeness (QED) is 0.411. The fraction of sp³-hybridized carbons (Fsp3) is 0.357. The highest BCUT2D eigenvalue weighted by Crippen LogP contribution is 2.22. The normalized spacial score (nSPS) is 13.2. The smallest absolute Gasteiger partial charge is 0.243 e. The lowest BCUT2D eigenvalue weighted by atomic mass is 10.1. The lowest BCUT2D eigenvalue weighted by Crippen LogP contribution is -2.51. The van der Waals surface area contributed by atoms with Crippen LogP contribution in [0.25, 0.3) is 10.8 Å². The first-order valence-electron chi connectivity index (χ1n) is 12.2. The van der Waals surface area contributed by atoms with Crippen molar-refractivity contribution in [3.8, 4) is 5.75 Å². The molecule has 0 unspecified atom stereocenters. The molecular weight excluding hydrogens is 490 g/mol. The maximum Gasteiger partial charge on any atom is 0.243 e. The van der Waals surface area contributed by atoms with Gasteiger partial charge in [-0.2, -0.15) is 4.31 Å². The van der Waals surface area contributed by atoms with E-state index in [1.54, 1.807) is 44.4 Å². The Morgan fingerprint density at radius 1 is 0.973 bits per heavy atom. The van der Waals surface area contributed by atoms with Crippen molar-refractivity contribution in [2.75, 3.05) is 20.7 Å². The summed E-state index contributed by atoms with van der Waals surface area (Å²) < 4.78 is 33.0. The molecule has 2 amide bonds. The number of hydrogen-bond donors (Lipinski definition) is 1. The number of sulfonamides is 1. The molecule has 0 aromatic heterocycles. The van der Waals surface area contributed by atoms with Gasteiger partial charge in [-0.1, -0.05) is 49.4 Å². The van der Waals surface area contributed by atoms with Crippen LogP contribution in [0.2, 0.25) is 0 Å². The molecule has 0 aliphatic heterocycles. The van der Waals surface area contributed by atoms with Gasteiger partial charge >= 0.3 is 0 Å². The number of benzene rings is 3. The van der Waals surface area contributed by atoms with E-state index in [1.807, 2.05) is 44.2 Å². The summed E-state index contributed by atoms with van der Waals surface area (Å²) in [5, 5.41) is 4.62. The Balaban J connectivity index is 1.86. The highest BCUT2D eigenvalue weighted by molar-refractivity contribution is 7.89. The molecule has 3 aromatic carbocycles. The predicted octanol–water partition coefficient (Wildman–Crippen LogP) is 3.80. The first-order chi connectivity index (χ1) is 17.6. The van der Waals surface area contributed by atoms with Crippen molar-refractivity contribution in [2.45, 2.75) is 50.7 Å². The summed E-state index contributed by atoms with van der Waals surface area (Å²) in [7, 11) is -1.02. The van der Waals surface area contributed by atoms with Crippen LogP contribution in [0, 0.1) is 0 Å². The number of carbonyl (C=O) groups excluding carboxylic acids is 2. The molecule has 0 aliphatic carbocycles. The van der Waals surface area contributed by atoms with Crippen LogP contribution in [0.5, 0.6) is 5.75 Å². The van der Waals surface area contributed by atoms with Gasteiger partial charge in [0.15, 0.2) is 0 Å². The Kier molecular flexibility index (Phi) is 9.29. The van der Waals surface area contributed by atoms with Crippen LogP contribution in [-0.4, -0.2) is 62.2 Å². The van der Waals surface area contributed by atoms with E-state index >= 15 is 0 Å². The third-order valence-electron chi connectivity index (χ3n) is 6.44. The van der Waals surface area contributed by atoms with Gasteiger partial charge in [0.1, 0.15) is 11.8 Å². The van der Waals surface area contributed by atoms with Gasteiger partial charge in [0.2, 0.25) is 21.8 Å². The Morgan fingerprint density at radius 2 is 1.68 bits per heavy atom. The number of ether oxygens (including phenoxy) is 1. The van der Waals surface area contributed by atoms with Crippen LogP contribution < -0.4 is 10.1 Å². The van der Waals surface area contributed by atoms with Gasteiger partial charge in [0.05, 0.1) is 18.6 Å². The summed E-state index contributed by atoms with van der Waals surface area (Å²) in [5.74, 6) is -0.162. The Morgan fingerprint density at radius 3 is 2.35 bits per heavy atom. The number of methoxy groups -OCH3 is 1. The number of fused-ring (bicyclic) bond motifs is 1. The molecule has 0 bridgehead atoms. The van der Waals surface area contributed by atoms with Crippen molar-refractivity contribution < 1.29 is 22.7 Å². The summed E-state index contributed by atoms with van der Waals surface area (Å²) in [6.07, 6.45) is 0.745. The van der Waals surface area contributed by atoms with Gasteiger partial charge in [0, 0.05) is 19.6 Å². The molecule has 198 valence electrons. The zero-order chi connectivity index (χ0) is 27.2. The van der Waals surface area contributed by atoms with Gasteiger partial charge in [-0.25, -0.2) is 8.42 Å².